The van der Waals surface area contributed by atoms with Crippen molar-refractivity contribution in [2.75, 3.05) is 0 Å². The summed E-state index contributed by atoms with van der Waals surface area (Å²) in [5.74, 6) is -2.32. The molecule has 1 fully saturated rings. The van der Waals surface area contributed by atoms with E-state index in [4.69, 9.17) is 0 Å². The molecule has 1 unspecified atom stereocenters. The van der Waals surface area contributed by atoms with E-state index in [1.807, 2.05) is 12.3 Å². The van der Waals surface area contributed by atoms with E-state index in [1.165, 1.54) is 5.69 Å². The van der Waals surface area contributed by atoms with Gasteiger partial charge in [0.15, 0.2) is 0 Å². The number of hydrogen-bond donors (Lipinski definition) is 1. The molecular weight excluding hydrogens is 234 g/mol. The lowest BCUT2D eigenvalue weighted by atomic mass is 10.1. The Balaban J connectivity index is 1.92. The Bertz CT molecular complexity index is 385. The van der Waals surface area contributed by atoms with E-state index in [2.05, 4.69) is 29.8 Å². The van der Waals surface area contributed by atoms with Crippen molar-refractivity contribution in [1.29, 1.82) is 0 Å². The van der Waals surface area contributed by atoms with Crippen LogP contribution >= 0.6 is 0 Å². The zero-order valence-electron chi connectivity index (χ0n) is 11.1. The summed E-state index contributed by atoms with van der Waals surface area (Å²) in [4.78, 5) is 0. The molecule has 0 amide bonds. The molecule has 2 rings (SSSR count). The first-order valence-electron chi connectivity index (χ1n) is 6.71. The molecule has 1 atom stereocenters. The zero-order valence-corrected chi connectivity index (χ0v) is 11.1. The van der Waals surface area contributed by atoms with Gasteiger partial charge < -0.3 is 9.88 Å². The largest absolute Gasteiger partial charge is 0.350 e. The van der Waals surface area contributed by atoms with Crippen LogP contribution in [0, 0.1) is 5.92 Å². The van der Waals surface area contributed by atoms with Gasteiger partial charge in [-0.2, -0.15) is 0 Å². The van der Waals surface area contributed by atoms with Crippen LogP contribution in [0.4, 0.5) is 8.78 Å². The fourth-order valence-electron chi connectivity index (χ4n) is 2.57. The van der Waals surface area contributed by atoms with Crippen LogP contribution in [0.15, 0.2) is 18.3 Å². The Labute approximate surface area is 107 Å². The van der Waals surface area contributed by atoms with Crippen molar-refractivity contribution in [3.8, 4) is 0 Å². The highest BCUT2D eigenvalue weighted by molar-refractivity contribution is 5.07. The van der Waals surface area contributed by atoms with Gasteiger partial charge in [0.1, 0.15) is 0 Å². The summed E-state index contributed by atoms with van der Waals surface area (Å²) < 4.78 is 28.4. The maximum Gasteiger partial charge on any atom is 0.248 e. The number of nitrogens with zero attached hydrogens (tertiary/aromatic N) is 1. The molecule has 0 bridgehead atoms. The molecule has 0 radical (unpaired) electrons. The fraction of sp³-hybridized carbons (Fsp3) is 0.714. The summed E-state index contributed by atoms with van der Waals surface area (Å²) in [6, 6.07) is 4.48. The molecule has 1 aromatic rings. The molecule has 4 heteroatoms. The third kappa shape index (κ3) is 3.55. The average molecular weight is 256 g/mol. The highest BCUT2D eigenvalue weighted by atomic mass is 19.3. The Kier molecular flexibility index (Phi) is 4.05. The van der Waals surface area contributed by atoms with Gasteiger partial charge in [-0.25, -0.2) is 8.78 Å². The van der Waals surface area contributed by atoms with Crippen molar-refractivity contribution in [2.24, 2.45) is 5.92 Å². The molecule has 102 valence electrons. The Morgan fingerprint density at radius 1 is 1.50 bits per heavy atom. The Hall–Kier alpha value is -0.900. The zero-order chi connectivity index (χ0) is 13.2. The van der Waals surface area contributed by atoms with Crippen molar-refractivity contribution in [2.45, 2.75) is 58.2 Å². The van der Waals surface area contributed by atoms with Crippen molar-refractivity contribution in [3.05, 3.63) is 24.0 Å². The first-order valence-corrected chi connectivity index (χ1v) is 6.71. The minimum Gasteiger partial charge on any atom is -0.350 e. The normalized spacial score (nSPS) is 22.8. The summed E-state index contributed by atoms with van der Waals surface area (Å²) >= 11 is 0. The van der Waals surface area contributed by atoms with Crippen LogP contribution in [0.25, 0.3) is 0 Å². The number of halogens is 2. The SMILES string of the molecule is CC(C)NCc1cccn1CC1CCC(F)(F)C1. The van der Waals surface area contributed by atoms with Crippen LogP contribution in [0.5, 0.6) is 0 Å². The Morgan fingerprint density at radius 2 is 2.28 bits per heavy atom. The molecular formula is C14H22F2N2. The number of aromatic nitrogens is 1. The lowest BCUT2D eigenvalue weighted by Gasteiger charge is -2.16. The molecule has 0 aromatic carbocycles. The van der Waals surface area contributed by atoms with Gasteiger partial charge in [0.25, 0.3) is 0 Å². The first-order chi connectivity index (χ1) is 8.46. The van der Waals surface area contributed by atoms with Crippen molar-refractivity contribution < 1.29 is 8.78 Å². The van der Waals surface area contributed by atoms with E-state index >= 15 is 0 Å². The Morgan fingerprint density at radius 3 is 2.89 bits per heavy atom. The molecule has 1 aliphatic rings. The topological polar surface area (TPSA) is 17.0 Å². The highest BCUT2D eigenvalue weighted by Crippen LogP contribution is 2.39. The molecule has 1 aromatic heterocycles. The quantitative estimate of drug-likeness (QED) is 0.854. The second kappa shape index (κ2) is 5.39. The summed E-state index contributed by atoms with van der Waals surface area (Å²) in [6.45, 7) is 5.72. The minimum absolute atomic E-state index is 0.0439. The highest BCUT2D eigenvalue weighted by Gasteiger charge is 2.39. The monoisotopic (exact) mass is 256 g/mol. The van der Waals surface area contributed by atoms with Crippen molar-refractivity contribution in [1.82, 2.24) is 9.88 Å². The van der Waals surface area contributed by atoms with Gasteiger partial charge in [0, 0.05) is 43.9 Å². The van der Waals surface area contributed by atoms with Gasteiger partial charge in [0.2, 0.25) is 5.92 Å². The maximum absolute atomic E-state index is 13.2. The van der Waals surface area contributed by atoms with Gasteiger partial charge in [0.05, 0.1) is 0 Å². The molecule has 1 saturated carbocycles. The van der Waals surface area contributed by atoms with Crippen LogP contribution in [-0.2, 0) is 13.1 Å². The molecule has 1 heterocycles. The predicted molar refractivity (Wildman–Crippen MR) is 68.7 cm³/mol. The molecule has 0 aliphatic heterocycles. The maximum atomic E-state index is 13.2. The number of rotatable bonds is 5. The van der Waals surface area contributed by atoms with Gasteiger partial charge in [-0.1, -0.05) is 13.8 Å². The minimum atomic E-state index is -2.44. The third-order valence-electron chi connectivity index (χ3n) is 3.58. The summed E-state index contributed by atoms with van der Waals surface area (Å²) in [5, 5.41) is 3.36. The lowest BCUT2D eigenvalue weighted by molar-refractivity contribution is 0.00433. The average Bonchev–Trinajstić information content (AvgIpc) is 2.83. The smallest absolute Gasteiger partial charge is 0.248 e. The van der Waals surface area contributed by atoms with E-state index in [1.54, 1.807) is 0 Å². The van der Waals surface area contributed by atoms with E-state index in [-0.39, 0.29) is 18.8 Å². The van der Waals surface area contributed by atoms with Gasteiger partial charge in [-0.3, -0.25) is 0 Å². The molecule has 2 nitrogen and oxygen atoms in total. The van der Waals surface area contributed by atoms with Crippen LogP contribution in [0.3, 0.4) is 0 Å². The number of alkyl halides is 2. The lowest BCUT2D eigenvalue weighted by Crippen LogP contribution is -2.24. The van der Waals surface area contributed by atoms with Gasteiger partial charge in [-0.05, 0) is 24.5 Å². The second-order valence-corrected chi connectivity index (χ2v) is 5.65. The molecule has 0 saturated heterocycles. The van der Waals surface area contributed by atoms with Crippen molar-refractivity contribution >= 4 is 0 Å². The molecule has 1 aliphatic carbocycles. The summed E-state index contributed by atoms with van der Waals surface area (Å²) in [7, 11) is 0. The van der Waals surface area contributed by atoms with E-state index in [0.717, 1.165) is 13.1 Å². The van der Waals surface area contributed by atoms with Gasteiger partial charge in [-0.15, -0.1) is 0 Å². The van der Waals surface area contributed by atoms with Gasteiger partial charge >= 0.3 is 0 Å². The predicted octanol–water partition coefficient (Wildman–Crippen LogP) is 3.42. The third-order valence-corrected chi connectivity index (χ3v) is 3.58. The fourth-order valence-corrected chi connectivity index (χ4v) is 2.57. The van der Waals surface area contributed by atoms with E-state index < -0.39 is 5.92 Å². The second-order valence-electron chi connectivity index (χ2n) is 5.65. The summed E-state index contributed by atoms with van der Waals surface area (Å²) in [5.41, 5.74) is 1.18. The molecule has 1 N–H and O–H groups in total. The van der Waals surface area contributed by atoms with Crippen LogP contribution in [-0.4, -0.2) is 16.5 Å². The standard InChI is InChI=1S/C14H22F2N2/c1-11(2)17-9-13-4-3-7-18(13)10-12-5-6-14(15,16)8-12/h3-4,7,11-12,17H,5-6,8-10H2,1-2H3. The van der Waals surface area contributed by atoms with E-state index in [0.29, 0.717) is 12.5 Å². The number of hydrogen-bond acceptors (Lipinski definition) is 1. The molecule has 0 spiro atoms. The van der Waals surface area contributed by atoms with Crippen molar-refractivity contribution in [3.63, 3.8) is 0 Å². The summed E-state index contributed by atoms with van der Waals surface area (Å²) in [6.07, 6.45) is 2.73. The molecule has 18 heavy (non-hydrogen) atoms. The van der Waals surface area contributed by atoms with Crippen LogP contribution in [0.1, 0.15) is 38.8 Å². The van der Waals surface area contributed by atoms with Crippen LogP contribution in [0.2, 0.25) is 0 Å². The van der Waals surface area contributed by atoms with E-state index in [9.17, 15) is 8.78 Å². The van der Waals surface area contributed by atoms with Crippen LogP contribution < -0.4 is 5.32 Å². The number of nitrogens with one attached hydrogen (secondary N) is 1. The first kappa shape index (κ1) is 13.5.